The number of amides is 1. The van der Waals surface area contributed by atoms with Crippen LogP contribution in [0.15, 0.2) is 38.6 Å². The molecule has 0 saturated carbocycles. The molecule has 0 aliphatic rings. The Morgan fingerprint density at radius 3 is 2.21 bits per heavy atom. The monoisotopic (exact) mass is 512 g/mol. The Morgan fingerprint density at radius 1 is 1.09 bits per heavy atom. The summed E-state index contributed by atoms with van der Waals surface area (Å²) in [5.74, 6) is -11.0. The Kier molecular flexibility index (Phi) is 7.24. The summed E-state index contributed by atoms with van der Waals surface area (Å²) in [4.78, 5) is 23.9. The van der Waals surface area contributed by atoms with Gasteiger partial charge in [0.15, 0.2) is 23.3 Å². The maximum Gasteiger partial charge on any atom is 0.442 e. The van der Waals surface area contributed by atoms with E-state index in [-0.39, 0.29) is 10.8 Å². The number of methoxy groups -OCH3 is 1. The van der Waals surface area contributed by atoms with Crippen molar-refractivity contribution in [1.29, 1.82) is 0 Å². The van der Waals surface area contributed by atoms with Gasteiger partial charge in [-0.05, 0) is 33.8 Å². The minimum Gasteiger partial charge on any atom is -0.497 e. The minimum atomic E-state index is -5.70. The number of nitrogens with zero attached hydrogens (tertiary/aromatic N) is 1. The zero-order chi connectivity index (χ0) is 25.2. The van der Waals surface area contributed by atoms with Crippen molar-refractivity contribution in [1.82, 2.24) is 5.27 Å². The van der Waals surface area contributed by atoms with Gasteiger partial charge in [-0.2, -0.15) is 13.2 Å². The van der Waals surface area contributed by atoms with Crippen molar-refractivity contribution < 1.29 is 49.5 Å². The van der Waals surface area contributed by atoms with Gasteiger partial charge in [-0.3, -0.25) is 9.32 Å². The molecule has 0 aliphatic heterocycles. The van der Waals surface area contributed by atoms with Crippen LogP contribution in [0.25, 0.3) is 5.69 Å². The molecule has 3 rings (SSSR count). The van der Waals surface area contributed by atoms with Crippen molar-refractivity contribution in [2.45, 2.75) is 17.6 Å². The topological polar surface area (TPSA) is 88.2 Å². The molecule has 1 amide bonds. The van der Waals surface area contributed by atoms with Gasteiger partial charge in [-0.25, -0.2) is 22.4 Å². The quantitative estimate of drug-likeness (QED) is 0.217. The fourth-order valence-corrected chi connectivity index (χ4v) is 3.63. The van der Waals surface area contributed by atoms with Crippen molar-refractivity contribution in [3.63, 3.8) is 0 Å². The fourth-order valence-electron chi connectivity index (χ4n) is 2.72. The summed E-state index contributed by atoms with van der Waals surface area (Å²) in [7, 11) is 1.46. The van der Waals surface area contributed by atoms with E-state index in [1.807, 2.05) is 0 Å². The van der Waals surface area contributed by atoms with E-state index in [0.29, 0.717) is 11.4 Å². The second-order valence-corrected chi connectivity index (χ2v) is 7.55. The number of carbonyl (C=O) groups is 1. The maximum absolute atomic E-state index is 13.9. The Bertz CT molecular complexity index is 1240. The van der Waals surface area contributed by atoms with Crippen molar-refractivity contribution >= 4 is 23.4 Å². The van der Waals surface area contributed by atoms with Crippen LogP contribution in [0.4, 0.5) is 36.4 Å². The van der Waals surface area contributed by atoms with E-state index in [2.05, 4.69) is 5.27 Å². The number of aromatic amines is 1. The Hall–Kier alpha value is -3.49. The van der Waals surface area contributed by atoms with Gasteiger partial charge in [-0.1, -0.05) is 0 Å². The highest BCUT2D eigenvalue weighted by atomic mass is 32.2. The first-order valence-electron chi connectivity index (χ1n) is 9.09. The molecule has 182 valence electrons. The van der Waals surface area contributed by atoms with Gasteiger partial charge in [0.1, 0.15) is 17.0 Å². The summed E-state index contributed by atoms with van der Waals surface area (Å²) < 4.78 is 104. The van der Waals surface area contributed by atoms with Gasteiger partial charge in [-0.15, -0.1) is 0 Å². The van der Waals surface area contributed by atoms with Gasteiger partial charge in [0.2, 0.25) is 11.6 Å². The molecule has 34 heavy (non-hydrogen) atoms. The first-order valence-corrected chi connectivity index (χ1v) is 10.1. The predicted octanol–water partition coefficient (Wildman–Crippen LogP) is 3.95. The van der Waals surface area contributed by atoms with E-state index in [1.54, 1.807) is 24.3 Å². The molecule has 0 bridgehead atoms. The molecule has 7 nitrogen and oxygen atoms in total. The summed E-state index contributed by atoms with van der Waals surface area (Å²) in [6.07, 6.45) is -6.24. The van der Waals surface area contributed by atoms with Crippen LogP contribution >= 0.6 is 11.8 Å². The van der Waals surface area contributed by atoms with Gasteiger partial charge in [0.05, 0.1) is 7.11 Å². The molecule has 0 saturated heterocycles. The number of anilines is 1. The SMILES string of the molecule is COc1ccc(-[n+]2[nH]oc(=O)c2SCCC(=O)Nc2c(F)c(F)c(C(F)(F)F)c(F)c2F)cc1. The average Bonchev–Trinajstić information content (AvgIpc) is 3.15. The van der Waals surface area contributed by atoms with Crippen LogP contribution in [0.3, 0.4) is 0 Å². The fraction of sp³-hybridized carbons (Fsp3) is 0.211. The number of benzene rings is 2. The van der Waals surface area contributed by atoms with Gasteiger partial charge in [0.25, 0.3) is 0 Å². The number of alkyl halides is 3. The lowest BCUT2D eigenvalue weighted by molar-refractivity contribution is -0.704. The smallest absolute Gasteiger partial charge is 0.442 e. The van der Waals surface area contributed by atoms with E-state index >= 15 is 0 Å². The molecule has 0 radical (unpaired) electrons. The highest BCUT2D eigenvalue weighted by Crippen LogP contribution is 2.38. The van der Waals surface area contributed by atoms with Crippen LogP contribution in [0.5, 0.6) is 5.75 Å². The highest BCUT2D eigenvalue weighted by molar-refractivity contribution is 7.99. The zero-order valence-corrected chi connectivity index (χ0v) is 17.7. The second kappa shape index (κ2) is 9.79. The van der Waals surface area contributed by atoms with Gasteiger partial charge < -0.3 is 10.1 Å². The molecule has 0 aliphatic carbocycles. The van der Waals surface area contributed by atoms with Crippen LogP contribution < -0.4 is 20.4 Å². The molecule has 1 heterocycles. The Balaban J connectivity index is 1.72. The van der Waals surface area contributed by atoms with Crippen molar-refractivity contribution in [2.24, 2.45) is 0 Å². The number of hydrogen-bond acceptors (Lipinski definition) is 5. The molecule has 2 aromatic carbocycles. The molecule has 2 N–H and O–H groups in total. The zero-order valence-electron chi connectivity index (χ0n) is 16.9. The third-order valence-electron chi connectivity index (χ3n) is 4.32. The summed E-state index contributed by atoms with van der Waals surface area (Å²) in [6.45, 7) is 0. The third-order valence-corrected chi connectivity index (χ3v) is 5.35. The maximum atomic E-state index is 13.9. The van der Waals surface area contributed by atoms with Gasteiger partial charge >= 0.3 is 16.8 Å². The molecule has 0 spiro atoms. The largest absolute Gasteiger partial charge is 0.497 e. The first kappa shape index (κ1) is 25.1. The molecular weight excluding hydrogens is 499 g/mol. The molecule has 15 heteroatoms. The number of aromatic nitrogens is 2. The highest BCUT2D eigenvalue weighted by Gasteiger charge is 2.42. The Morgan fingerprint density at radius 2 is 1.68 bits per heavy atom. The van der Waals surface area contributed by atoms with Crippen LogP contribution in [0, 0.1) is 23.3 Å². The molecule has 0 atom stereocenters. The van der Waals surface area contributed by atoms with Crippen molar-refractivity contribution in [2.75, 3.05) is 18.2 Å². The number of ether oxygens (including phenoxy) is 1. The van der Waals surface area contributed by atoms with E-state index < -0.39 is 58.6 Å². The molecule has 3 aromatic rings. The number of H-pyrrole nitrogens is 1. The number of rotatable bonds is 7. The summed E-state index contributed by atoms with van der Waals surface area (Å²) in [5.41, 5.74) is -4.80. The summed E-state index contributed by atoms with van der Waals surface area (Å²) in [6, 6.07) is 6.36. The Labute approximate surface area is 189 Å². The van der Waals surface area contributed by atoms with Gasteiger partial charge in [0, 0.05) is 24.3 Å². The first-order chi connectivity index (χ1) is 16.0. The van der Waals surface area contributed by atoms with E-state index in [4.69, 9.17) is 9.26 Å². The number of halogens is 7. The molecule has 0 fully saturated rings. The standard InChI is InChI=1S/C19H12F7N3O4S/c1-32-9-4-2-8(3-5-9)29-17(18(31)33-28-29)34-7-6-10(30)27-16-14(22)12(20)11(19(24,25)26)13(21)15(16)23/h2-5H,6-7H2,1H3,(H-,27,28,30,31)/p+1. The third kappa shape index (κ3) is 5.03. The average molecular weight is 512 g/mol. The van der Waals surface area contributed by atoms with Crippen LogP contribution in [-0.2, 0) is 11.0 Å². The molecular formula is C19H13F7N3O4S+. The van der Waals surface area contributed by atoms with E-state index in [9.17, 15) is 40.3 Å². The molecule has 1 aromatic heterocycles. The number of thioether (sulfide) groups is 1. The van der Waals surface area contributed by atoms with Crippen LogP contribution in [-0.4, -0.2) is 24.0 Å². The number of hydrogen-bond donors (Lipinski definition) is 2. The number of nitrogens with one attached hydrogen (secondary N) is 2. The van der Waals surface area contributed by atoms with E-state index in [1.165, 1.54) is 17.1 Å². The van der Waals surface area contributed by atoms with E-state index in [0.717, 1.165) is 11.8 Å². The number of carbonyl (C=O) groups excluding carboxylic acids is 1. The second-order valence-electron chi connectivity index (χ2n) is 6.47. The predicted molar refractivity (Wildman–Crippen MR) is 103 cm³/mol. The normalized spacial score (nSPS) is 11.5. The van der Waals surface area contributed by atoms with Crippen molar-refractivity contribution in [3.05, 3.63) is 63.5 Å². The lowest BCUT2D eigenvalue weighted by Crippen LogP contribution is -2.36. The summed E-state index contributed by atoms with van der Waals surface area (Å²) >= 11 is 0.793. The molecule has 0 unspecified atom stereocenters. The lowest BCUT2D eigenvalue weighted by Gasteiger charge is -2.14. The van der Waals surface area contributed by atoms with Crippen LogP contribution in [0.1, 0.15) is 12.0 Å². The van der Waals surface area contributed by atoms with Crippen LogP contribution in [0.2, 0.25) is 0 Å². The lowest BCUT2D eigenvalue weighted by atomic mass is 10.1. The van der Waals surface area contributed by atoms with Crippen molar-refractivity contribution in [3.8, 4) is 11.4 Å². The minimum absolute atomic E-state index is 0.0121. The summed E-state index contributed by atoms with van der Waals surface area (Å²) in [5, 5.41) is 3.84.